The monoisotopic (exact) mass is 350 g/mol. The van der Waals surface area contributed by atoms with Crippen LogP contribution in [0.1, 0.15) is 57.1 Å². The van der Waals surface area contributed by atoms with Crippen LogP contribution in [0.5, 0.6) is 11.5 Å². The van der Waals surface area contributed by atoms with Crippen LogP contribution in [0.4, 0.5) is 0 Å². The largest absolute Gasteiger partial charge is 0.508 e. The summed E-state index contributed by atoms with van der Waals surface area (Å²) in [5.41, 5.74) is 3.96. The summed E-state index contributed by atoms with van der Waals surface area (Å²) in [6.07, 6.45) is 5.73. The first kappa shape index (κ1) is 18.6. The van der Waals surface area contributed by atoms with Gasteiger partial charge in [0.25, 0.3) is 0 Å². The molecule has 0 bridgehead atoms. The zero-order valence-corrected chi connectivity index (χ0v) is 16.0. The van der Waals surface area contributed by atoms with E-state index in [2.05, 4.69) is 39.0 Å². The van der Waals surface area contributed by atoms with Gasteiger partial charge in [-0.2, -0.15) is 0 Å². The average molecular weight is 351 g/mol. The normalized spacial score (nSPS) is 19.8. The van der Waals surface area contributed by atoms with Crippen LogP contribution in [-0.2, 0) is 0 Å². The van der Waals surface area contributed by atoms with Gasteiger partial charge < -0.3 is 10.2 Å². The fourth-order valence-electron chi connectivity index (χ4n) is 4.23. The Labute approximate surface area is 157 Å². The summed E-state index contributed by atoms with van der Waals surface area (Å²) in [6, 6.07) is 15.4. The molecule has 0 aliphatic heterocycles. The van der Waals surface area contributed by atoms with E-state index in [9.17, 15) is 10.2 Å². The molecule has 3 rings (SSSR count). The third-order valence-corrected chi connectivity index (χ3v) is 6.09. The molecule has 1 aliphatic carbocycles. The Bertz CT molecular complexity index is 741. The average Bonchev–Trinajstić information content (AvgIpc) is 2.64. The predicted molar refractivity (Wildman–Crippen MR) is 108 cm³/mol. The lowest BCUT2D eigenvalue weighted by molar-refractivity contribution is 0.253. The van der Waals surface area contributed by atoms with Gasteiger partial charge in [-0.3, -0.25) is 0 Å². The summed E-state index contributed by atoms with van der Waals surface area (Å²) in [7, 11) is 0. The highest BCUT2D eigenvalue weighted by Gasteiger charge is 2.31. The van der Waals surface area contributed by atoms with Crippen molar-refractivity contribution in [2.24, 2.45) is 17.8 Å². The van der Waals surface area contributed by atoms with E-state index in [1.165, 1.54) is 23.1 Å². The van der Waals surface area contributed by atoms with Crippen molar-refractivity contribution in [2.75, 3.05) is 0 Å². The maximum Gasteiger partial charge on any atom is 0.115 e. The van der Waals surface area contributed by atoms with Crippen LogP contribution >= 0.6 is 0 Å². The maximum absolute atomic E-state index is 9.65. The van der Waals surface area contributed by atoms with Crippen LogP contribution in [0.15, 0.2) is 54.6 Å². The second kappa shape index (κ2) is 7.99. The molecule has 0 amide bonds. The summed E-state index contributed by atoms with van der Waals surface area (Å²) in [5.74, 6) is 3.00. The topological polar surface area (TPSA) is 40.5 Å². The van der Waals surface area contributed by atoms with Gasteiger partial charge in [-0.1, -0.05) is 51.1 Å². The van der Waals surface area contributed by atoms with E-state index in [0.717, 1.165) is 12.8 Å². The lowest BCUT2D eigenvalue weighted by Crippen LogP contribution is -2.24. The van der Waals surface area contributed by atoms with Crippen LogP contribution in [-0.4, -0.2) is 10.2 Å². The highest BCUT2D eigenvalue weighted by Crippen LogP contribution is 2.44. The van der Waals surface area contributed by atoms with Gasteiger partial charge in [0.15, 0.2) is 0 Å². The third-order valence-electron chi connectivity index (χ3n) is 6.09. The number of benzene rings is 2. The molecule has 0 saturated carbocycles. The number of phenols is 2. The Morgan fingerprint density at radius 2 is 1.42 bits per heavy atom. The van der Waals surface area contributed by atoms with Crippen molar-refractivity contribution >= 4 is 5.57 Å². The molecule has 2 nitrogen and oxygen atoms in total. The van der Waals surface area contributed by atoms with Crippen LogP contribution in [0.2, 0.25) is 0 Å². The molecule has 2 N–H and O–H groups in total. The van der Waals surface area contributed by atoms with Gasteiger partial charge in [0.1, 0.15) is 11.5 Å². The number of phenolic OH excluding ortho intramolecular Hbond substituents is 2. The molecule has 2 aromatic carbocycles. The minimum absolute atomic E-state index is 0.321. The van der Waals surface area contributed by atoms with E-state index in [1.807, 2.05) is 24.3 Å². The number of aromatic hydroxyl groups is 2. The Kier molecular flexibility index (Phi) is 5.70. The van der Waals surface area contributed by atoms with Crippen LogP contribution < -0.4 is 0 Å². The quantitative estimate of drug-likeness (QED) is 0.659. The van der Waals surface area contributed by atoms with E-state index in [0.29, 0.717) is 35.2 Å². The van der Waals surface area contributed by atoms with Gasteiger partial charge in [0.2, 0.25) is 0 Å². The Hall–Kier alpha value is -2.22. The second-order valence-electron chi connectivity index (χ2n) is 8.03. The van der Waals surface area contributed by atoms with Crippen molar-refractivity contribution in [3.63, 3.8) is 0 Å². The maximum atomic E-state index is 9.65. The van der Waals surface area contributed by atoms with Gasteiger partial charge >= 0.3 is 0 Å². The molecule has 2 heteroatoms. The van der Waals surface area contributed by atoms with Crippen molar-refractivity contribution in [3.05, 3.63) is 65.7 Å². The van der Waals surface area contributed by atoms with Gasteiger partial charge in [0, 0.05) is 0 Å². The van der Waals surface area contributed by atoms with Crippen molar-refractivity contribution in [2.45, 2.75) is 46.0 Å². The first-order chi connectivity index (χ1) is 12.5. The summed E-state index contributed by atoms with van der Waals surface area (Å²) >= 11 is 0. The summed E-state index contributed by atoms with van der Waals surface area (Å²) < 4.78 is 0. The molecule has 26 heavy (non-hydrogen) atoms. The molecule has 0 heterocycles. The molecular weight excluding hydrogens is 320 g/mol. The van der Waals surface area contributed by atoms with Crippen molar-refractivity contribution < 1.29 is 10.2 Å². The van der Waals surface area contributed by atoms with Gasteiger partial charge in [0.05, 0.1) is 0 Å². The summed E-state index contributed by atoms with van der Waals surface area (Å²) in [5, 5.41) is 19.1. The first-order valence-electron chi connectivity index (χ1n) is 9.73. The van der Waals surface area contributed by atoms with E-state index in [-0.39, 0.29) is 0 Å². The molecule has 0 radical (unpaired) electrons. The molecule has 0 fully saturated rings. The van der Waals surface area contributed by atoms with Crippen LogP contribution in [0.25, 0.3) is 5.57 Å². The summed E-state index contributed by atoms with van der Waals surface area (Å²) in [6.45, 7) is 6.97. The highest BCUT2D eigenvalue weighted by atomic mass is 16.3. The van der Waals surface area contributed by atoms with E-state index < -0.39 is 0 Å². The molecule has 2 aromatic rings. The van der Waals surface area contributed by atoms with E-state index in [4.69, 9.17) is 0 Å². The zero-order valence-electron chi connectivity index (χ0n) is 16.0. The number of rotatable bonds is 5. The Balaban J connectivity index is 1.82. The lowest BCUT2D eigenvalue weighted by atomic mass is 9.68. The van der Waals surface area contributed by atoms with Crippen molar-refractivity contribution in [1.82, 2.24) is 0 Å². The lowest BCUT2D eigenvalue weighted by Gasteiger charge is -2.36. The molecule has 3 atom stereocenters. The SMILES string of the molecule is CC(C)C(C)C(c1ccc(O)cc1)C1CC=C(c2ccc(O)cc2)CC1. The Morgan fingerprint density at radius 3 is 1.92 bits per heavy atom. The molecular formula is C24H30O2. The van der Waals surface area contributed by atoms with Gasteiger partial charge in [-0.05, 0) is 83.9 Å². The predicted octanol–water partition coefficient (Wildman–Crippen LogP) is 6.36. The number of allylic oxidation sites excluding steroid dienone is 2. The fourth-order valence-corrected chi connectivity index (χ4v) is 4.23. The van der Waals surface area contributed by atoms with Crippen molar-refractivity contribution in [3.8, 4) is 11.5 Å². The number of hydrogen-bond acceptors (Lipinski definition) is 2. The second-order valence-corrected chi connectivity index (χ2v) is 8.03. The molecule has 0 spiro atoms. The fraction of sp³-hybridized carbons (Fsp3) is 0.417. The third kappa shape index (κ3) is 4.12. The molecule has 3 unspecified atom stereocenters. The molecule has 0 aromatic heterocycles. The minimum atomic E-state index is 0.321. The smallest absolute Gasteiger partial charge is 0.115 e. The van der Waals surface area contributed by atoms with Crippen LogP contribution in [0, 0.1) is 17.8 Å². The molecule has 1 aliphatic rings. The van der Waals surface area contributed by atoms with Crippen LogP contribution in [0.3, 0.4) is 0 Å². The number of hydrogen-bond donors (Lipinski definition) is 2. The van der Waals surface area contributed by atoms with Crippen molar-refractivity contribution in [1.29, 1.82) is 0 Å². The zero-order chi connectivity index (χ0) is 18.7. The van der Waals surface area contributed by atoms with Gasteiger partial charge in [-0.15, -0.1) is 0 Å². The first-order valence-corrected chi connectivity index (χ1v) is 9.73. The highest BCUT2D eigenvalue weighted by molar-refractivity contribution is 5.66. The van der Waals surface area contributed by atoms with Gasteiger partial charge in [-0.25, -0.2) is 0 Å². The summed E-state index contributed by atoms with van der Waals surface area (Å²) in [4.78, 5) is 0. The molecule has 0 saturated heterocycles. The van der Waals surface area contributed by atoms with E-state index in [1.54, 1.807) is 12.1 Å². The minimum Gasteiger partial charge on any atom is -0.508 e. The van der Waals surface area contributed by atoms with E-state index >= 15 is 0 Å². The molecule has 138 valence electrons. The standard InChI is InChI=1S/C24H30O2/c1-16(2)17(3)24(21-10-14-23(26)15-11-21)20-6-4-18(5-7-20)19-8-12-22(25)13-9-19/h4,8-17,20,24-26H,5-7H2,1-3H3. The Morgan fingerprint density at radius 1 is 0.846 bits per heavy atom.